The van der Waals surface area contributed by atoms with E-state index in [1.165, 1.54) is 7.11 Å². The molecule has 2 rings (SSSR count). The number of nitrogens with zero attached hydrogens (tertiary/aromatic N) is 1. The number of hydrogen-bond acceptors (Lipinski definition) is 5. The molecule has 1 aromatic rings. The second-order valence-corrected chi connectivity index (χ2v) is 5.32. The Balaban J connectivity index is 2.15. The van der Waals surface area contributed by atoms with Gasteiger partial charge in [-0.3, -0.25) is 9.89 Å². The van der Waals surface area contributed by atoms with E-state index in [9.17, 15) is 9.59 Å². The van der Waals surface area contributed by atoms with Gasteiger partial charge in [0.1, 0.15) is 6.04 Å². The molecule has 0 bridgehead atoms. The van der Waals surface area contributed by atoms with Gasteiger partial charge in [0.25, 0.3) is 5.91 Å². The molecular weight excluding hydrogens is 272 g/mol. The number of H-pyrrole nitrogens is 1. The predicted molar refractivity (Wildman–Crippen MR) is 76.7 cm³/mol. The van der Waals surface area contributed by atoms with Crippen molar-refractivity contribution in [3.05, 3.63) is 17.0 Å². The van der Waals surface area contributed by atoms with Crippen LogP contribution in [0.2, 0.25) is 0 Å². The summed E-state index contributed by atoms with van der Waals surface area (Å²) in [5.74, 6) is -0.776. The Hall–Kier alpha value is -1.89. The van der Waals surface area contributed by atoms with Gasteiger partial charge in [0.15, 0.2) is 5.69 Å². The van der Waals surface area contributed by atoms with Crippen LogP contribution < -0.4 is 10.6 Å². The molecule has 1 amide bonds. The van der Waals surface area contributed by atoms with Crippen LogP contribution in [0, 0.1) is 5.92 Å². The monoisotopic (exact) mass is 294 g/mol. The Morgan fingerprint density at radius 2 is 2.24 bits per heavy atom. The normalized spacial score (nSPS) is 16.7. The van der Waals surface area contributed by atoms with E-state index < -0.39 is 12.0 Å². The quantitative estimate of drug-likeness (QED) is 0.682. The zero-order valence-electron chi connectivity index (χ0n) is 12.7. The highest BCUT2D eigenvalue weighted by Crippen LogP contribution is 2.16. The number of aromatic amines is 1. The molecule has 21 heavy (non-hydrogen) atoms. The van der Waals surface area contributed by atoms with Crippen LogP contribution in [0.15, 0.2) is 0 Å². The summed E-state index contributed by atoms with van der Waals surface area (Å²) >= 11 is 0. The molecule has 116 valence electrons. The predicted octanol–water partition coefficient (Wildman–Crippen LogP) is 0.373. The summed E-state index contributed by atoms with van der Waals surface area (Å²) in [6.45, 7) is 5.35. The van der Waals surface area contributed by atoms with Gasteiger partial charge in [0, 0.05) is 30.8 Å². The van der Waals surface area contributed by atoms with Gasteiger partial charge in [-0.15, -0.1) is 0 Å². The van der Waals surface area contributed by atoms with Crippen molar-refractivity contribution >= 4 is 11.9 Å². The van der Waals surface area contributed by atoms with Gasteiger partial charge >= 0.3 is 5.97 Å². The summed E-state index contributed by atoms with van der Waals surface area (Å²) < 4.78 is 4.77. The van der Waals surface area contributed by atoms with Gasteiger partial charge < -0.3 is 15.4 Å². The lowest BCUT2D eigenvalue weighted by Gasteiger charge is -2.21. The summed E-state index contributed by atoms with van der Waals surface area (Å²) in [6, 6.07) is -0.656. The van der Waals surface area contributed by atoms with Crippen LogP contribution in [0.4, 0.5) is 0 Å². The minimum atomic E-state index is -0.656. The maximum atomic E-state index is 12.4. The molecule has 0 aliphatic carbocycles. The topological polar surface area (TPSA) is 96.1 Å². The fourth-order valence-corrected chi connectivity index (χ4v) is 2.42. The van der Waals surface area contributed by atoms with Gasteiger partial charge in [-0.25, -0.2) is 4.79 Å². The Morgan fingerprint density at radius 3 is 2.90 bits per heavy atom. The number of hydrogen-bond donors (Lipinski definition) is 3. The molecule has 0 fully saturated rings. The van der Waals surface area contributed by atoms with Crippen LogP contribution in [-0.2, 0) is 22.5 Å². The molecule has 0 saturated carbocycles. The highest BCUT2D eigenvalue weighted by atomic mass is 16.5. The molecule has 0 saturated heterocycles. The first-order valence-electron chi connectivity index (χ1n) is 7.24. The molecule has 1 aromatic heterocycles. The second kappa shape index (κ2) is 6.71. The number of carbonyl (C=O) groups is 2. The summed E-state index contributed by atoms with van der Waals surface area (Å²) in [6.07, 6.45) is 1.59. The number of amides is 1. The molecule has 1 aliphatic heterocycles. The minimum Gasteiger partial charge on any atom is -0.467 e. The lowest BCUT2D eigenvalue weighted by molar-refractivity contribution is -0.144. The van der Waals surface area contributed by atoms with Crippen molar-refractivity contribution in [1.29, 1.82) is 0 Å². The molecule has 3 N–H and O–H groups in total. The average molecular weight is 294 g/mol. The number of carbonyl (C=O) groups excluding carboxylic acids is 2. The van der Waals surface area contributed by atoms with Crippen molar-refractivity contribution in [1.82, 2.24) is 20.8 Å². The summed E-state index contributed by atoms with van der Waals surface area (Å²) in [4.78, 5) is 24.2. The highest BCUT2D eigenvalue weighted by molar-refractivity contribution is 5.96. The van der Waals surface area contributed by atoms with Gasteiger partial charge in [0.2, 0.25) is 0 Å². The van der Waals surface area contributed by atoms with Crippen LogP contribution in [-0.4, -0.2) is 41.8 Å². The second-order valence-electron chi connectivity index (χ2n) is 5.32. The Labute approximate surface area is 123 Å². The third kappa shape index (κ3) is 3.24. The van der Waals surface area contributed by atoms with Crippen LogP contribution in [0.25, 0.3) is 0 Å². The van der Waals surface area contributed by atoms with Crippen molar-refractivity contribution in [2.24, 2.45) is 5.92 Å². The highest BCUT2D eigenvalue weighted by Gasteiger charge is 2.29. The number of aromatic nitrogens is 2. The summed E-state index contributed by atoms with van der Waals surface area (Å²) in [5.41, 5.74) is 2.22. The SMILES string of the molecule is CC[C@H](C)[C@H](NC(=O)c1n[nH]c2c1CNCC2)C(=O)OC. The molecule has 0 unspecified atom stereocenters. The molecule has 2 heterocycles. The van der Waals surface area contributed by atoms with Gasteiger partial charge in [-0.2, -0.15) is 5.10 Å². The third-order valence-corrected chi connectivity index (χ3v) is 3.98. The molecular formula is C14H22N4O3. The fraction of sp³-hybridized carbons (Fsp3) is 0.643. The molecule has 0 spiro atoms. The Bertz CT molecular complexity index is 526. The first-order chi connectivity index (χ1) is 10.1. The lowest BCUT2D eigenvalue weighted by atomic mass is 9.98. The van der Waals surface area contributed by atoms with Crippen LogP contribution in [0.1, 0.15) is 42.0 Å². The average Bonchev–Trinajstić information content (AvgIpc) is 2.95. The van der Waals surface area contributed by atoms with Crippen LogP contribution in [0.5, 0.6) is 0 Å². The number of ether oxygens (including phenoxy) is 1. The molecule has 0 radical (unpaired) electrons. The molecule has 0 aromatic carbocycles. The largest absolute Gasteiger partial charge is 0.467 e. The molecule has 7 heteroatoms. The fourth-order valence-electron chi connectivity index (χ4n) is 2.42. The molecule has 7 nitrogen and oxygen atoms in total. The van der Waals surface area contributed by atoms with E-state index in [0.29, 0.717) is 12.2 Å². The van der Waals surface area contributed by atoms with Crippen molar-refractivity contribution < 1.29 is 14.3 Å². The van der Waals surface area contributed by atoms with Crippen molar-refractivity contribution in [3.8, 4) is 0 Å². The first kappa shape index (κ1) is 15.5. The van der Waals surface area contributed by atoms with Crippen molar-refractivity contribution in [2.45, 2.75) is 39.3 Å². The van der Waals surface area contributed by atoms with E-state index in [4.69, 9.17) is 4.74 Å². The number of esters is 1. The minimum absolute atomic E-state index is 0.00528. The van der Waals surface area contributed by atoms with E-state index in [0.717, 1.165) is 30.6 Å². The Kier molecular flexibility index (Phi) is 4.95. The Morgan fingerprint density at radius 1 is 1.48 bits per heavy atom. The van der Waals surface area contributed by atoms with Crippen molar-refractivity contribution in [3.63, 3.8) is 0 Å². The summed E-state index contributed by atoms with van der Waals surface area (Å²) in [5, 5.41) is 13.0. The van der Waals surface area contributed by atoms with E-state index >= 15 is 0 Å². The standard InChI is InChI=1S/C14H22N4O3/c1-4-8(2)11(14(20)21-3)16-13(19)12-9-7-15-6-5-10(9)17-18-12/h8,11,15H,4-7H2,1-3H3,(H,16,19)(H,17,18)/t8-,11-/m0/s1. The van der Waals surface area contributed by atoms with E-state index in [2.05, 4.69) is 20.8 Å². The van der Waals surface area contributed by atoms with Crippen LogP contribution >= 0.6 is 0 Å². The first-order valence-corrected chi connectivity index (χ1v) is 7.24. The zero-order chi connectivity index (χ0) is 15.4. The lowest BCUT2D eigenvalue weighted by Crippen LogP contribution is -2.46. The number of nitrogens with one attached hydrogen (secondary N) is 3. The number of methoxy groups -OCH3 is 1. The maximum Gasteiger partial charge on any atom is 0.328 e. The van der Waals surface area contributed by atoms with Gasteiger partial charge in [-0.05, 0) is 5.92 Å². The van der Waals surface area contributed by atoms with E-state index in [1.807, 2.05) is 13.8 Å². The van der Waals surface area contributed by atoms with E-state index in [-0.39, 0.29) is 11.8 Å². The molecule has 2 atom stereocenters. The third-order valence-electron chi connectivity index (χ3n) is 3.98. The number of fused-ring (bicyclic) bond motifs is 1. The van der Waals surface area contributed by atoms with Gasteiger partial charge in [-0.1, -0.05) is 20.3 Å². The van der Waals surface area contributed by atoms with Crippen molar-refractivity contribution in [2.75, 3.05) is 13.7 Å². The van der Waals surface area contributed by atoms with E-state index in [1.54, 1.807) is 0 Å². The maximum absolute atomic E-state index is 12.4. The smallest absolute Gasteiger partial charge is 0.328 e. The van der Waals surface area contributed by atoms with Crippen LogP contribution in [0.3, 0.4) is 0 Å². The molecule has 1 aliphatic rings. The summed E-state index contributed by atoms with van der Waals surface area (Å²) in [7, 11) is 1.32. The zero-order valence-corrected chi connectivity index (χ0v) is 12.7. The van der Waals surface area contributed by atoms with Gasteiger partial charge in [0.05, 0.1) is 7.11 Å². The number of rotatable bonds is 5.